The molecule has 0 saturated carbocycles. The number of hydrogen-bond acceptors (Lipinski definition) is 3. The van der Waals surface area contributed by atoms with Crippen molar-refractivity contribution in [2.75, 3.05) is 0 Å². The van der Waals surface area contributed by atoms with Crippen molar-refractivity contribution in [1.82, 2.24) is 4.57 Å². The van der Waals surface area contributed by atoms with Gasteiger partial charge in [-0.15, -0.1) is 0 Å². The van der Waals surface area contributed by atoms with E-state index in [1.54, 1.807) is 26.1 Å². The van der Waals surface area contributed by atoms with Gasteiger partial charge in [-0.25, -0.2) is 0 Å². The number of pyridine rings is 1. The van der Waals surface area contributed by atoms with E-state index in [0.29, 0.717) is 17.7 Å². The minimum Gasteiger partial charge on any atom is -0.310 e. The average Bonchev–Trinajstić information content (AvgIpc) is 2.45. The number of carbonyl (C=O) groups is 1. The minimum absolute atomic E-state index is 0.0233. The number of nitriles is 1. The second kappa shape index (κ2) is 6.21. The SMILES string of the molecule is CC(=O)c1c(C)cc(C)c(Cn2ccc(C)c(C#N)c2=O)c1C. The number of hydrogen-bond donors (Lipinski definition) is 0. The van der Waals surface area contributed by atoms with Crippen LogP contribution in [0.4, 0.5) is 0 Å². The highest BCUT2D eigenvalue weighted by Crippen LogP contribution is 2.23. The summed E-state index contributed by atoms with van der Waals surface area (Å²) in [5.41, 5.74) is 5.11. The van der Waals surface area contributed by atoms with Gasteiger partial charge in [0.2, 0.25) is 0 Å². The summed E-state index contributed by atoms with van der Waals surface area (Å²) < 4.78 is 1.53. The molecule has 1 aromatic heterocycles. The molecule has 0 radical (unpaired) electrons. The van der Waals surface area contributed by atoms with Gasteiger partial charge in [0.25, 0.3) is 5.56 Å². The van der Waals surface area contributed by atoms with Gasteiger partial charge in [0.05, 0.1) is 6.54 Å². The molecule has 0 saturated heterocycles. The third kappa shape index (κ3) is 2.95. The lowest BCUT2D eigenvalue weighted by molar-refractivity contribution is 0.101. The number of nitrogens with zero attached hydrogens (tertiary/aromatic N) is 2. The summed E-state index contributed by atoms with van der Waals surface area (Å²) in [4.78, 5) is 24.3. The molecule has 4 nitrogen and oxygen atoms in total. The normalized spacial score (nSPS) is 10.4. The maximum absolute atomic E-state index is 12.4. The van der Waals surface area contributed by atoms with Crippen LogP contribution >= 0.6 is 0 Å². The molecule has 2 rings (SSSR count). The van der Waals surface area contributed by atoms with Gasteiger partial charge in [-0.05, 0) is 68.5 Å². The van der Waals surface area contributed by atoms with Crippen LogP contribution in [0.5, 0.6) is 0 Å². The van der Waals surface area contributed by atoms with Gasteiger partial charge in [-0.2, -0.15) is 5.26 Å². The maximum atomic E-state index is 12.4. The summed E-state index contributed by atoms with van der Waals surface area (Å²) in [6.45, 7) is 9.47. The quantitative estimate of drug-likeness (QED) is 0.818. The Balaban J connectivity index is 2.63. The Morgan fingerprint density at radius 3 is 2.39 bits per heavy atom. The van der Waals surface area contributed by atoms with Gasteiger partial charge in [-0.1, -0.05) is 6.07 Å². The molecular weight excluding hydrogens is 288 g/mol. The number of aryl methyl sites for hydroxylation is 3. The van der Waals surface area contributed by atoms with E-state index < -0.39 is 0 Å². The second-order valence-electron chi connectivity index (χ2n) is 5.96. The van der Waals surface area contributed by atoms with Crippen LogP contribution in [-0.2, 0) is 6.54 Å². The van der Waals surface area contributed by atoms with Crippen LogP contribution in [0.25, 0.3) is 0 Å². The molecule has 1 heterocycles. The summed E-state index contributed by atoms with van der Waals surface area (Å²) in [7, 11) is 0. The topological polar surface area (TPSA) is 62.9 Å². The Morgan fingerprint density at radius 1 is 1.17 bits per heavy atom. The molecule has 0 bridgehead atoms. The second-order valence-corrected chi connectivity index (χ2v) is 5.96. The van der Waals surface area contributed by atoms with Crippen LogP contribution in [0.2, 0.25) is 0 Å². The van der Waals surface area contributed by atoms with Crippen molar-refractivity contribution in [1.29, 1.82) is 5.26 Å². The molecule has 1 aromatic carbocycles. The summed E-state index contributed by atoms with van der Waals surface area (Å²) >= 11 is 0. The summed E-state index contributed by atoms with van der Waals surface area (Å²) in [6.07, 6.45) is 1.70. The van der Waals surface area contributed by atoms with Gasteiger partial charge in [0, 0.05) is 11.8 Å². The fourth-order valence-electron chi connectivity index (χ4n) is 3.11. The van der Waals surface area contributed by atoms with Crippen molar-refractivity contribution in [2.45, 2.75) is 41.2 Å². The molecule has 0 aliphatic carbocycles. The van der Waals surface area contributed by atoms with E-state index in [-0.39, 0.29) is 16.9 Å². The average molecular weight is 308 g/mol. The lowest BCUT2D eigenvalue weighted by Crippen LogP contribution is -2.24. The molecule has 0 unspecified atom stereocenters. The van der Waals surface area contributed by atoms with Crippen LogP contribution < -0.4 is 5.56 Å². The Morgan fingerprint density at radius 2 is 1.83 bits per heavy atom. The highest BCUT2D eigenvalue weighted by atomic mass is 16.1. The van der Waals surface area contributed by atoms with Crippen LogP contribution in [0.1, 0.15) is 50.7 Å². The van der Waals surface area contributed by atoms with Gasteiger partial charge in [-0.3, -0.25) is 9.59 Å². The molecule has 2 aromatic rings. The Kier molecular flexibility index (Phi) is 4.51. The van der Waals surface area contributed by atoms with Crippen LogP contribution in [0.15, 0.2) is 23.1 Å². The van der Waals surface area contributed by atoms with Crippen molar-refractivity contribution >= 4 is 5.78 Å². The Hall–Kier alpha value is -2.67. The molecule has 118 valence electrons. The minimum atomic E-state index is -0.295. The summed E-state index contributed by atoms with van der Waals surface area (Å²) in [6, 6.07) is 5.71. The predicted octanol–water partition coefficient (Wildman–Crippen LogP) is 3.20. The molecule has 0 aliphatic rings. The number of rotatable bonds is 3. The van der Waals surface area contributed by atoms with Crippen molar-refractivity contribution in [2.24, 2.45) is 0 Å². The molecule has 0 aliphatic heterocycles. The first-order chi connectivity index (χ1) is 10.8. The number of Topliss-reactive ketones (excluding diaryl/α,β-unsaturated/α-hetero) is 1. The predicted molar refractivity (Wildman–Crippen MR) is 89.9 cm³/mol. The van der Waals surface area contributed by atoms with Crippen LogP contribution in [0, 0.1) is 39.0 Å². The first kappa shape index (κ1) is 16.7. The molecule has 0 fully saturated rings. The van der Waals surface area contributed by atoms with E-state index in [0.717, 1.165) is 22.3 Å². The van der Waals surface area contributed by atoms with Gasteiger partial charge >= 0.3 is 0 Å². The summed E-state index contributed by atoms with van der Waals surface area (Å²) in [5.74, 6) is 0.0233. The molecule has 0 atom stereocenters. The van der Waals surface area contributed by atoms with Gasteiger partial charge < -0.3 is 4.57 Å². The van der Waals surface area contributed by atoms with E-state index in [2.05, 4.69) is 0 Å². The molecule has 0 N–H and O–H groups in total. The number of ketones is 1. The van der Waals surface area contributed by atoms with E-state index in [4.69, 9.17) is 5.26 Å². The van der Waals surface area contributed by atoms with Gasteiger partial charge in [0.1, 0.15) is 11.6 Å². The smallest absolute Gasteiger partial charge is 0.269 e. The van der Waals surface area contributed by atoms with Crippen molar-refractivity contribution in [3.63, 3.8) is 0 Å². The Bertz CT molecular complexity index is 899. The zero-order valence-corrected chi connectivity index (χ0v) is 14.2. The standard InChI is InChI=1S/C19H20N2O2/c1-11-6-7-21(19(23)16(11)9-20)10-17-12(2)8-13(3)18(14(17)4)15(5)22/h6-8H,10H2,1-5H3. The highest BCUT2D eigenvalue weighted by Gasteiger charge is 2.15. The number of benzene rings is 1. The molecular formula is C19H20N2O2. The molecule has 0 amide bonds. The first-order valence-corrected chi connectivity index (χ1v) is 7.48. The van der Waals surface area contributed by atoms with E-state index >= 15 is 0 Å². The largest absolute Gasteiger partial charge is 0.310 e. The fraction of sp³-hybridized carbons (Fsp3) is 0.316. The fourth-order valence-corrected chi connectivity index (χ4v) is 3.11. The Labute approximate surface area is 136 Å². The molecule has 0 spiro atoms. The lowest BCUT2D eigenvalue weighted by Gasteiger charge is -2.17. The zero-order chi connectivity index (χ0) is 17.3. The van der Waals surface area contributed by atoms with Crippen LogP contribution in [-0.4, -0.2) is 10.4 Å². The van der Waals surface area contributed by atoms with E-state index in [9.17, 15) is 9.59 Å². The van der Waals surface area contributed by atoms with Gasteiger partial charge in [0.15, 0.2) is 5.78 Å². The lowest BCUT2D eigenvalue weighted by atomic mass is 9.91. The third-order valence-corrected chi connectivity index (χ3v) is 4.30. The number of carbonyl (C=O) groups excluding carboxylic acids is 1. The third-order valence-electron chi connectivity index (χ3n) is 4.30. The maximum Gasteiger partial charge on any atom is 0.269 e. The highest BCUT2D eigenvalue weighted by molar-refractivity contribution is 5.97. The van der Waals surface area contributed by atoms with Crippen LogP contribution in [0.3, 0.4) is 0 Å². The molecule has 4 heteroatoms. The van der Waals surface area contributed by atoms with Crippen molar-refractivity contribution in [3.05, 3.63) is 67.6 Å². The van der Waals surface area contributed by atoms with E-state index in [1.165, 1.54) is 4.57 Å². The summed E-state index contributed by atoms with van der Waals surface area (Å²) in [5, 5.41) is 9.14. The zero-order valence-electron chi connectivity index (χ0n) is 14.2. The monoisotopic (exact) mass is 308 g/mol. The van der Waals surface area contributed by atoms with Crippen molar-refractivity contribution in [3.8, 4) is 6.07 Å². The first-order valence-electron chi connectivity index (χ1n) is 7.48. The number of aromatic nitrogens is 1. The molecule has 23 heavy (non-hydrogen) atoms. The van der Waals surface area contributed by atoms with Crippen molar-refractivity contribution < 1.29 is 4.79 Å². The van der Waals surface area contributed by atoms with E-state index in [1.807, 2.05) is 32.9 Å².